The highest BCUT2D eigenvalue weighted by Gasteiger charge is 2.30. The van der Waals surface area contributed by atoms with Crippen LogP contribution in [-0.4, -0.2) is 27.6 Å². The maximum atomic E-state index is 5.60. The van der Waals surface area contributed by atoms with Crippen LogP contribution in [0.4, 0.5) is 0 Å². The summed E-state index contributed by atoms with van der Waals surface area (Å²) in [5.41, 5.74) is 1.23. The van der Waals surface area contributed by atoms with E-state index in [2.05, 4.69) is 28.2 Å². The number of pyridine rings is 1. The Morgan fingerprint density at radius 1 is 1.27 bits per heavy atom. The molecule has 0 saturated heterocycles. The number of nitrogens with zero attached hydrogens (tertiary/aromatic N) is 2. The molecule has 0 unspecified atom stereocenters. The first-order chi connectivity index (χ1) is 10.8. The van der Waals surface area contributed by atoms with E-state index in [1.807, 2.05) is 18.5 Å². The van der Waals surface area contributed by atoms with Crippen molar-refractivity contribution in [3.63, 3.8) is 0 Å². The third-order valence-corrected chi connectivity index (χ3v) is 4.51. The molecule has 2 rings (SSSR count). The van der Waals surface area contributed by atoms with E-state index in [1.54, 1.807) is 0 Å². The molecule has 0 aliphatic heterocycles. The van der Waals surface area contributed by atoms with Crippen LogP contribution in [0.5, 0.6) is 0 Å². The van der Waals surface area contributed by atoms with Crippen LogP contribution < -0.4 is 5.32 Å². The molecule has 122 valence electrons. The Balaban J connectivity index is 1.67. The largest absolute Gasteiger partial charge is 0.363 e. The van der Waals surface area contributed by atoms with Gasteiger partial charge in [0, 0.05) is 31.5 Å². The van der Waals surface area contributed by atoms with Crippen LogP contribution in [0.2, 0.25) is 0 Å². The van der Waals surface area contributed by atoms with E-state index in [1.165, 1.54) is 56.9 Å². The highest BCUT2D eigenvalue weighted by molar-refractivity contribution is 7.80. The minimum absolute atomic E-state index is 0.629. The van der Waals surface area contributed by atoms with Crippen LogP contribution in [0.25, 0.3) is 0 Å². The monoisotopic (exact) mass is 319 g/mol. The number of unbranched alkanes of at least 4 members (excludes halogenated alkanes) is 5. The molecule has 4 heteroatoms. The van der Waals surface area contributed by atoms with Crippen molar-refractivity contribution in [2.45, 2.75) is 70.9 Å². The Morgan fingerprint density at radius 2 is 2.05 bits per heavy atom. The third kappa shape index (κ3) is 6.30. The van der Waals surface area contributed by atoms with Crippen molar-refractivity contribution in [1.29, 1.82) is 0 Å². The molecule has 1 aliphatic rings. The first-order valence-electron chi connectivity index (χ1n) is 8.74. The van der Waals surface area contributed by atoms with Gasteiger partial charge < -0.3 is 10.2 Å². The molecule has 0 aromatic carbocycles. The van der Waals surface area contributed by atoms with Gasteiger partial charge in [0.05, 0.1) is 0 Å². The predicted octanol–water partition coefficient (Wildman–Crippen LogP) is 4.28. The molecule has 22 heavy (non-hydrogen) atoms. The fraction of sp³-hybridized carbons (Fsp3) is 0.667. The molecule has 3 nitrogen and oxygen atoms in total. The second-order valence-electron chi connectivity index (χ2n) is 6.22. The van der Waals surface area contributed by atoms with E-state index in [0.29, 0.717) is 6.04 Å². The van der Waals surface area contributed by atoms with Crippen LogP contribution in [-0.2, 0) is 6.54 Å². The summed E-state index contributed by atoms with van der Waals surface area (Å²) in [6.07, 6.45) is 14.2. The maximum Gasteiger partial charge on any atom is 0.169 e. The van der Waals surface area contributed by atoms with Crippen molar-refractivity contribution >= 4 is 17.3 Å². The molecule has 1 N–H and O–H groups in total. The van der Waals surface area contributed by atoms with Gasteiger partial charge in [-0.25, -0.2) is 0 Å². The highest BCUT2D eigenvalue weighted by Crippen LogP contribution is 2.28. The fourth-order valence-electron chi connectivity index (χ4n) is 2.64. The van der Waals surface area contributed by atoms with Gasteiger partial charge in [-0.3, -0.25) is 4.98 Å². The molecular formula is C18H29N3S. The molecule has 1 saturated carbocycles. The lowest BCUT2D eigenvalue weighted by molar-refractivity contribution is 0.394. The SMILES string of the molecule is CCCCCCCCNC(=S)N(Cc1cccnc1)C1CC1. The first kappa shape index (κ1) is 17.2. The van der Waals surface area contributed by atoms with Crippen molar-refractivity contribution in [3.8, 4) is 0 Å². The first-order valence-corrected chi connectivity index (χ1v) is 9.15. The van der Waals surface area contributed by atoms with E-state index >= 15 is 0 Å². The fourth-order valence-corrected chi connectivity index (χ4v) is 2.96. The van der Waals surface area contributed by atoms with Gasteiger partial charge in [0.15, 0.2) is 5.11 Å². The summed E-state index contributed by atoms with van der Waals surface area (Å²) in [5, 5.41) is 4.37. The molecule has 0 spiro atoms. The topological polar surface area (TPSA) is 28.2 Å². The average Bonchev–Trinajstić information content (AvgIpc) is 3.37. The van der Waals surface area contributed by atoms with Crippen LogP contribution in [0.1, 0.15) is 63.9 Å². The normalized spacial score (nSPS) is 13.9. The van der Waals surface area contributed by atoms with Crippen molar-refractivity contribution in [2.24, 2.45) is 0 Å². The van der Waals surface area contributed by atoms with Crippen LogP contribution >= 0.6 is 12.2 Å². The molecule has 0 radical (unpaired) electrons. The Kier molecular flexibility index (Phi) is 7.64. The molecule has 0 amide bonds. The smallest absolute Gasteiger partial charge is 0.169 e. The number of hydrogen-bond donors (Lipinski definition) is 1. The van der Waals surface area contributed by atoms with Gasteiger partial charge in [0.25, 0.3) is 0 Å². The number of hydrogen-bond acceptors (Lipinski definition) is 2. The van der Waals surface area contributed by atoms with Gasteiger partial charge in [0.1, 0.15) is 0 Å². The second-order valence-corrected chi connectivity index (χ2v) is 6.61. The van der Waals surface area contributed by atoms with Crippen LogP contribution in [0, 0.1) is 0 Å². The van der Waals surface area contributed by atoms with Crippen molar-refractivity contribution in [3.05, 3.63) is 30.1 Å². The van der Waals surface area contributed by atoms with E-state index in [-0.39, 0.29) is 0 Å². The van der Waals surface area contributed by atoms with Gasteiger partial charge in [0.2, 0.25) is 0 Å². The van der Waals surface area contributed by atoms with E-state index < -0.39 is 0 Å². The molecule has 1 fully saturated rings. The maximum absolute atomic E-state index is 5.60. The number of aromatic nitrogens is 1. The number of thiocarbonyl (C=S) groups is 1. The summed E-state index contributed by atoms with van der Waals surface area (Å²) in [6, 6.07) is 4.75. The minimum atomic E-state index is 0.629. The Hall–Kier alpha value is -1.16. The summed E-state index contributed by atoms with van der Waals surface area (Å²) in [5.74, 6) is 0. The van der Waals surface area contributed by atoms with Gasteiger partial charge in [-0.2, -0.15) is 0 Å². The molecule has 1 aromatic rings. The Bertz CT molecular complexity index is 431. The molecule has 0 atom stereocenters. The zero-order valence-corrected chi connectivity index (χ0v) is 14.6. The Morgan fingerprint density at radius 3 is 2.73 bits per heavy atom. The average molecular weight is 320 g/mol. The van der Waals surface area contributed by atoms with Crippen molar-refractivity contribution in [1.82, 2.24) is 15.2 Å². The predicted molar refractivity (Wildman–Crippen MR) is 96.8 cm³/mol. The van der Waals surface area contributed by atoms with Gasteiger partial charge in [-0.15, -0.1) is 0 Å². The molecular weight excluding hydrogens is 290 g/mol. The van der Waals surface area contributed by atoms with Crippen molar-refractivity contribution in [2.75, 3.05) is 6.54 Å². The zero-order valence-electron chi connectivity index (χ0n) is 13.8. The summed E-state index contributed by atoms with van der Waals surface area (Å²) >= 11 is 5.60. The van der Waals surface area contributed by atoms with Gasteiger partial charge in [-0.1, -0.05) is 45.1 Å². The summed E-state index contributed by atoms with van der Waals surface area (Å²) in [7, 11) is 0. The van der Waals surface area contributed by atoms with Gasteiger partial charge >= 0.3 is 0 Å². The molecule has 1 heterocycles. The van der Waals surface area contributed by atoms with Crippen LogP contribution in [0.3, 0.4) is 0 Å². The molecule has 1 aliphatic carbocycles. The van der Waals surface area contributed by atoms with Crippen molar-refractivity contribution < 1.29 is 0 Å². The van der Waals surface area contributed by atoms with Crippen LogP contribution in [0.15, 0.2) is 24.5 Å². The number of nitrogens with one attached hydrogen (secondary N) is 1. The van der Waals surface area contributed by atoms with E-state index in [9.17, 15) is 0 Å². The summed E-state index contributed by atoms with van der Waals surface area (Å²) in [6.45, 7) is 4.14. The van der Waals surface area contributed by atoms with Gasteiger partial charge in [-0.05, 0) is 43.1 Å². The number of rotatable bonds is 10. The molecule has 0 bridgehead atoms. The minimum Gasteiger partial charge on any atom is -0.363 e. The van der Waals surface area contributed by atoms with E-state index in [0.717, 1.165) is 18.2 Å². The summed E-state index contributed by atoms with van der Waals surface area (Å²) < 4.78 is 0. The lowest BCUT2D eigenvalue weighted by Gasteiger charge is -2.25. The summed E-state index contributed by atoms with van der Waals surface area (Å²) in [4.78, 5) is 6.53. The van der Waals surface area contributed by atoms with E-state index in [4.69, 9.17) is 12.2 Å². The lowest BCUT2D eigenvalue weighted by Crippen LogP contribution is -2.41. The standard InChI is InChI=1S/C18H29N3S/c1-2-3-4-5-6-7-13-20-18(22)21(17-10-11-17)15-16-9-8-12-19-14-16/h8-9,12,14,17H,2-7,10-11,13,15H2,1H3,(H,20,22). The Labute approximate surface area is 140 Å². The highest BCUT2D eigenvalue weighted by atomic mass is 32.1. The quantitative estimate of drug-likeness (QED) is 0.514. The second kappa shape index (κ2) is 9.78. The zero-order chi connectivity index (χ0) is 15.6. The lowest BCUT2D eigenvalue weighted by atomic mass is 10.1. The third-order valence-electron chi connectivity index (χ3n) is 4.13. The molecule has 1 aromatic heterocycles.